The van der Waals surface area contributed by atoms with Crippen LogP contribution in [0, 0.1) is 0 Å². The van der Waals surface area contributed by atoms with E-state index in [1.165, 1.54) is 0 Å². The van der Waals surface area contributed by atoms with E-state index in [4.69, 9.17) is 16.3 Å². The molecule has 1 aromatic heterocycles. The second-order valence-corrected chi connectivity index (χ2v) is 10.1. The highest BCUT2D eigenvalue weighted by atomic mass is 35.5. The molecule has 0 saturated carbocycles. The van der Waals surface area contributed by atoms with Gasteiger partial charge < -0.3 is 15.0 Å². The fourth-order valence-corrected chi connectivity index (χ4v) is 5.47. The lowest BCUT2D eigenvalue weighted by Gasteiger charge is -2.22. The number of para-hydroxylation sites is 3. The second kappa shape index (κ2) is 10.2. The minimum atomic E-state index is -0.273. The Balaban J connectivity index is 1.28. The Labute approximate surface area is 228 Å². The first-order valence-corrected chi connectivity index (χ1v) is 13.2. The first kappa shape index (κ1) is 24.0. The quantitative estimate of drug-likeness (QED) is 0.251. The van der Waals surface area contributed by atoms with Crippen molar-refractivity contribution in [3.63, 3.8) is 0 Å². The predicted octanol–water partition coefficient (Wildman–Crippen LogP) is 8.27. The van der Waals surface area contributed by atoms with Gasteiger partial charge in [-0.05, 0) is 53.9 Å². The molecule has 0 fully saturated rings. The molecule has 1 aliphatic heterocycles. The number of anilines is 2. The lowest BCUT2D eigenvalue weighted by molar-refractivity contribution is 0.0984. The minimum absolute atomic E-state index is 0.222. The van der Waals surface area contributed by atoms with Gasteiger partial charge in [-0.1, -0.05) is 66.2 Å². The summed E-state index contributed by atoms with van der Waals surface area (Å²) in [7, 11) is 0. The van der Waals surface area contributed by atoms with Crippen LogP contribution in [-0.2, 0) is 6.54 Å². The van der Waals surface area contributed by atoms with Crippen molar-refractivity contribution in [2.24, 2.45) is 0 Å². The monoisotopic (exact) mass is 536 g/mol. The van der Waals surface area contributed by atoms with Gasteiger partial charge in [0.05, 0.1) is 22.9 Å². The molecule has 1 N–H and O–H groups in total. The van der Waals surface area contributed by atoms with E-state index < -0.39 is 0 Å². The van der Waals surface area contributed by atoms with Crippen LogP contribution in [0.25, 0.3) is 10.4 Å². The van der Waals surface area contributed by atoms with Gasteiger partial charge in [-0.3, -0.25) is 9.59 Å². The number of carbonyl (C=O) groups is 2. The van der Waals surface area contributed by atoms with Crippen LogP contribution in [0.2, 0.25) is 5.02 Å². The van der Waals surface area contributed by atoms with Crippen molar-refractivity contribution in [1.29, 1.82) is 0 Å². The molecule has 0 spiro atoms. The number of halogens is 1. The van der Waals surface area contributed by atoms with Gasteiger partial charge in [-0.15, -0.1) is 11.3 Å². The highest BCUT2D eigenvalue weighted by Gasteiger charge is 2.26. The first-order valence-electron chi connectivity index (χ1n) is 12.0. The molecule has 0 bridgehead atoms. The van der Waals surface area contributed by atoms with Crippen LogP contribution in [-0.4, -0.2) is 11.8 Å². The maximum atomic E-state index is 13.7. The molecule has 0 saturated heterocycles. The number of nitrogens with one attached hydrogen (secondary N) is 1. The average molecular weight is 537 g/mol. The Hall–Kier alpha value is -4.39. The summed E-state index contributed by atoms with van der Waals surface area (Å²) in [6.07, 6.45) is 0. The summed E-state index contributed by atoms with van der Waals surface area (Å²) in [6.45, 7) is 0.349. The van der Waals surface area contributed by atoms with Crippen LogP contribution in [0.5, 0.6) is 11.5 Å². The fraction of sp³-hybridized carbons (Fsp3) is 0.0323. The molecule has 5 aromatic rings. The fourth-order valence-electron chi connectivity index (χ4n) is 4.48. The summed E-state index contributed by atoms with van der Waals surface area (Å²) in [5.41, 5.74) is 3.81. The highest BCUT2D eigenvalue weighted by molar-refractivity contribution is 7.13. The van der Waals surface area contributed by atoms with E-state index in [-0.39, 0.29) is 16.8 Å². The lowest BCUT2D eigenvalue weighted by Crippen LogP contribution is -2.30. The number of carbonyl (C=O) groups excluding carboxylic acids is 2. The number of hydrogen-bond donors (Lipinski definition) is 1. The number of nitrogens with zero attached hydrogens (tertiary/aromatic N) is 1. The number of fused-ring (bicyclic) bond motifs is 2. The molecular formula is C31H21ClN2O3S. The smallest absolute Gasteiger partial charge is 0.258 e. The molecule has 0 radical (unpaired) electrons. The van der Waals surface area contributed by atoms with Crippen LogP contribution < -0.4 is 15.0 Å². The van der Waals surface area contributed by atoms with E-state index in [0.29, 0.717) is 40.5 Å². The summed E-state index contributed by atoms with van der Waals surface area (Å²) in [5, 5.41) is 5.15. The third-order valence-corrected chi connectivity index (χ3v) is 7.56. The topological polar surface area (TPSA) is 58.6 Å². The normalized spacial score (nSPS) is 12.1. The van der Waals surface area contributed by atoms with Gasteiger partial charge in [0.1, 0.15) is 5.75 Å². The van der Waals surface area contributed by atoms with Crippen molar-refractivity contribution in [2.45, 2.75) is 6.54 Å². The van der Waals surface area contributed by atoms with E-state index in [1.54, 1.807) is 40.5 Å². The standard InChI is InChI=1S/C31H21ClN2O3S/c32-24-18-20(15-16-25(24)33-30(35)23-10-3-2-9-22(23)29-14-7-17-38-29)31(36)34-19-21-8-1-5-12-27(21)37-28-13-6-4-11-26(28)34/h1-18H,19H2,(H,33,35). The highest BCUT2D eigenvalue weighted by Crippen LogP contribution is 2.39. The van der Waals surface area contributed by atoms with Crippen molar-refractivity contribution in [1.82, 2.24) is 0 Å². The number of hydrogen-bond acceptors (Lipinski definition) is 4. The minimum Gasteiger partial charge on any atom is -0.455 e. The zero-order chi connectivity index (χ0) is 26.1. The zero-order valence-electron chi connectivity index (χ0n) is 20.1. The number of benzene rings is 4. The van der Waals surface area contributed by atoms with Crippen molar-refractivity contribution in [2.75, 3.05) is 10.2 Å². The number of ether oxygens (including phenoxy) is 1. The van der Waals surface area contributed by atoms with Gasteiger partial charge in [0, 0.05) is 27.1 Å². The molecule has 1 aliphatic rings. The predicted molar refractivity (Wildman–Crippen MR) is 153 cm³/mol. The first-order chi connectivity index (χ1) is 18.6. The Kier molecular flexibility index (Phi) is 6.42. The lowest BCUT2D eigenvalue weighted by atomic mass is 10.1. The molecule has 4 aromatic carbocycles. The van der Waals surface area contributed by atoms with Crippen LogP contribution in [0.4, 0.5) is 11.4 Å². The van der Waals surface area contributed by atoms with Gasteiger partial charge >= 0.3 is 0 Å². The SMILES string of the molecule is O=C(Nc1ccc(C(=O)N2Cc3ccccc3Oc3ccccc32)cc1Cl)c1ccccc1-c1cccs1. The van der Waals surface area contributed by atoms with Crippen LogP contribution >= 0.6 is 22.9 Å². The van der Waals surface area contributed by atoms with E-state index in [1.807, 2.05) is 84.2 Å². The van der Waals surface area contributed by atoms with Crippen molar-refractivity contribution in [3.05, 3.63) is 130 Å². The summed E-state index contributed by atoms with van der Waals surface area (Å²) in [6, 6.07) is 31.4. The van der Waals surface area contributed by atoms with Gasteiger partial charge in [0.2, 0.25) is 0 Å². The zero-order valence-corrected chi connectivity index (χ0v) is 21.6. The number of rotatable bonds is 4. The summed E-state index contributed by atoms with van der Waals surface area (Å²) < 4.78 is 6.12. The van der Waals surface area contributed by atoms with Crippen LogP contribution in [0.1, 0.15) is 26.3 Å². The largest absolute Gasteiger partial charge is 0.455 e. The van der Waals surface area contributed by atoms with E-state index in [2.05, 4.69) is 5.32 Å². The summed E-state index contributed by atoms with van der Waals surface area (Å²) in [5.74, 6) is 0.824. The molecule has 6 rings (SSSR count). The molecule has 2 heterocycles. The van der Waals surface area contributed by atoms with Crippen LogP contribution in [0.3, 0.4) is 0 Å². The van der Waals surface area contributed by atoms with Gasteiger partial charge in [0.25, 0.3) is 11.8 Å². The van der Waals surface area contributed by atoms with E-state index in [0.717, 1.165) is 16.0 Å². The second-order valence-electron chi connectivity index (χ2n) is 8.74. The maximum absolute atomic E-state index is 13.7. The van der Waals surface area contributed by atoms with Gasteiger partial charge in [-0.2, -0.15) is 0 Å². The summed E-state index contributed by atoms with van der Waals surface area (Å²) >= 11 is 8.16. The molecule has 0 unspecified atom stereocenters. The molecule has 0 atom stereocenters. The third-order valence-electron chi connectivity index (χ3n) is 6.34. The average Bonchev–Trinajstić information content (AvgIpc) is 3.43. The van der Waals surface area contributed by atoms with E-state index in [9.17, 15) is 9.59 Å². The molecule has 7 heteroatoms. The van der Waals surface area contributed by atoms with Crippen molar-refractivity contribution >= 4 is 46.1 Å². The third kappa shape index (κ3) is 4.56. The van der Waals surface area contributed by atoms with Crippen molar-refractivity contribution in [3.8, 4) is 21.9 Å². The Morgan fingerprint density at radius 1 is 0.842 bits per heavy atom. The van der Waals surface area contributed by atoms with Gasteiger partial charge in [-0.25, -0.2) is 0 Å². The molecule has 5 nitrogen and oxygen atoms in total. The molecule has 0 aliphatic carbocycles. The molecule has 186 valence electrons. The molecule has 2 amide bonds. The van der Waals surface area contributed by atoms with Crippen molar-refractivity contribution < 1.29 is 14.3 Å². The Morgan fingerprint density at radius 2 is 1.61 bits per heavy atom. The molecular weight excluding hydrogens is 516 g/mol. The van der Waals surface area contributed by atoms with Gasteiger partial charge in [0.15, 0.2) is 5.75 Å². The number of thiophene rings is 1. The molecule has 38 heavy (non-hydrogen) atoms. The van der Waals surface area contributed by atoms with E-state index >= 15 is 0 Å². The maximum Gasteiger partial charge on any atom is 0.258 e. The van der Waals surface area contributed by atoms with Crippen LogP contribution in [0.15, 0.2) is 109 Å². The summed E-state index contributed by atoms with van der Waals surface area (Å²) in [4.78, 5) is 29.6. The number of amides is 2. The Bertz CT molecular complexity index is 1670. The Morgan fingerprint density at radius 3 is 2.42 bits per heavy atom.